The van der Waals surface area contributed by atoms with Gasteiger partial charge in [-0.3, -0.25) is 4.79 Å². The van der Waals surface area contributed by atoms with Crippen molar-refractivity contribution in [1.29, 1.82) is 0 Å². The van der Waals surface area contributed by atoms with Crippen LogP contribution in [0.3, 0.4) is 0 Å². The van der Waals surface area contributed by atoms with E-state index in [9.17, 15) is 4.79 Å². The van der Waals surface area contributed by atoms with Crippen molar-refractivity contribution in [2.45, 2.75) is 58.4 Å². The van der Waals surface area contributed by atoms with Crippen LogP contribution >= 0.6 is 0 Å². The predicted molar refractivity (Wildman–Crippen MR) is 80.9 cm³/mol. The lowest BCUT2D eigenvalue weighted by molar-refractivity contribution is -0.120. The molecular weight excluding hydrogens is 234 g/mol. The van der Waals surface area contributed by atoms with E-state index in [2.05, 4.69) is 50.9 Å². The second-order valence-electron chi connectivity index (χ2n) is 6.08. The molecule has 0 amide bonds. The SMILES string of the molecule is Cc1ccc(C(C)C)cc1N(C)C1CCC(=O)CC1. The highest BCUT2D eigenvalue weighted by Crippen LogP contribution is 2.29. The maximum atomic E-state index is 11.4. The summed E-state index contributed by atoms with van der Waals surface area (Å²) in [5, 5.41) is 0. The van der Waals surface area contributed by atoms with Crippen LogP contribution in [0.1, 0.15) is 56.6 Å². The molecule has 0 atom stereocenters. The Labute approximate surface area is 116 Å². The van der Waals surface area contributed by atoms with E-state index in [1.54, 1.807) is 0 Å². The quantitative estimate of drug-likeness (QED) is 0.815. The van der Waals surface area contributed by atoms with Gasteiger partial charge in [0.05, 0.1) is 0 Å². The summed E-state index contributed by atoms with van der Waals surface area (Å²) < 4.78 is 0. The molecule has 0 aliphatic heterocycles. The lowest BCUT2D eigenvalue weighted by Crippen LogP contribution is -2.35. The molecule has 2 rings (SSSR count). The standard InChI is InChI=1S/C17H25NO/c1-12(2)14-6-5-13(3)17(11-14)18(4)15-7-9-16(19)10-8-15/h5-6,11-12,15H,7-10H2,1-4H3. The Morgan fingerprint density at radius 3 is 2.42 bits per heavy atom. The van der Waals surface area contributed by atoms with E-state index in [1.807, 2.05) is 0 Å². The van der Waals surface area contributed by atoms with E-state index >= 15 is 0 Å². The van der Waals surface area contributed by atoms with Crippen molar-refractivity contribution in [3.8, 4) is 0 Å². The third-order valence-electron chi connectivity index (χ3n) is 4.34. The number of nitrogens with zero attached hydrogens (tertiary/aromatic N) is 1. The number of carbonyl (C=O) groups excluding carboxylic acids is 1. The van der Waals surface area contributed by atoms with Crippen molar-refractivity contribution in [3.05, 3.63) is 29.3 Å². The third kappa shape index (κ3) is 3.17. The molecule has 0 spiro atoms. The molecule has 1 aliphatic rings. The van der Waals surface area contributed by atoms with Crippen molar-refractivity contribution >= 4 is 11.5 Å². The van der Waals surface area contributed by atoms with Gasteiger partial charge in [0.1, 0.15) is 5.78 Å². The molecule has 0 unspecified atom stereocenters. The molecule has 104 valence electrons. The largest absolute Gasteiger partial charge is 0.371 e. The number of hydrogen-bond donors (Lipinski definition) is 0. The van der Waals surface area contributed by atoms with Gasteiger partial charge in [-0.25, -0.2) is 0 Å². The lowest BCUT2D eigenvalue weighted by atomic mass is 9.92. The fraction of sp³-hybridized carbons (Fsp3) is 0.588. The van der Waals surface area contributed by atoms with Crippen molar-refractivity contribution in [3.63, 3.8) is 0 Å². The zero-order valence-electron chi connectivity index (χ0n) is 12.6. The van der Waals surface area contributed by atoms with Gasteiger partial charge in [-0.05, 0) is 42.9 Å². The monoisotopic (exact) mass is 259 g/mol. The van der Waals surface area contributed by atoms with Crippen LogP contribution in [-0.2, 0) is 4.79 Å². The Morgan fingerprint density at radius 2 is 1.84 bits per heavy atom. The van der Waals surface area contributed by atoms with Crippen LogP contribution in [0, 0.1) is 6.92 Å². The van der Waals surface area contributed by atoms with Gasteiger partial charge in [0.25, 0.3) is 0 Å². The summed E-state index contributed by atoms with van der Waals surface area (Å²) in [6.07, 6.45) is 3.50. The zero-order chi connectivity index (χ0) is 14.0. The average molecular weight is 259 g/mol. The summed E-state index contributed by atoms with van der Waals surface area (Å²) in [6, 6.07) is 7.27. The Bertz CT molecular complexity index is 454. The first-order valence-corrected chi connectivity index (χ1v) is 7.34. The number of rotatable bonds is 3. The Morgan fingerprint density at radius 1 is 1.21 bits per heavy atom. The molecule has 0 heterocycles. The summed E-state index contributed by atoms with van der Waals surface area (Å²) in [5.41, 5.74) is 4.04. The zero-order valence-corrected chi connectivity index (χ0v) is 12.6. The molecule has 0 aromatic heterocycles. The minimum Gasteiger partial charge on any atom is -0.371 e. The van der Waals surface area contributed by atoms with Gasteiger partial charge in [0.2, 0.25) is 0 Å². The molecule has 0 radical (unpaired) electrons. The highest BCUT2D eigenvalue weighted by molar-refractivity contribution is 5.79. The van der Waals surface area contributed by atoms with Gasteiger partial charge >= 0.3 is 0 Å². The molecule has 2 nitrogen and oxygen atoms in total. The van der Waals surface area contributed by atoms with E-state index < -0.39 is 0 Å². The summed E-state index contributed by atoms with van der Waals surface area (Å²) in [5.74, 6) is 0.984. The smallest absolute Gasteiger partial charge is 0.133 e. The lowest BCUT2D eigenvalue weighted by Gasteiger charge is -2.34. The topological polar surface area (TPSA) is 20.3 Å². The first-order valence-electron chi connectivity index (χ1n) is 7.34. The number of benzene rings is 1. The molecule has 1 saturated carbocycles. The van der Waals surface area contributed by atoms with E-state index in [0.717, 1.165) is 25.7 Å². The fourth-order valence-corrected chi connectivity index (χ4v) is 2.87. The average Bonchev–Trinajstić information content (AvgIpc) is 2.39. The minimum absolute atomic E-state index is 0.428. The third-order valence-corrected chi connectivity index (χ3v) is 4.34. The maximum absolute atomic E-state index is 11.4. The van der Waals surface area contributed by atoms with Crippen LogP contribution in [0.5, 0.6) is 0 Å². The molecular formula is C17H25NO. The number of aryl methyl sites for hydroxylation is 1. The Kier molecular flexibility index (Phi) is 4.28. The maximum Gasteiger partial charge on any atom is 0.133 e. The van der Waals surface area contributed by atoms with Gasteiger partial charge in [0.15, 0.2) is 0 Å². The van der Waals surface area contributed by atoms with Crippen molar-refractivity contribution in [2.24, 2.45) is 0 Å². The Hall–Kier alpha value is -1.31. The number of carbonyl (C=O) groups is 1. The summed E-state index contributed by atoms with van der Waals surface area (Å²) in [6.45, 7) is 6.63. The molecule has 2 heteroatoms. The summed E-state index contributed by atoms with van der Waals surface area (Å²) in [7, 11) is 2.17. The first-order chi connectivity index (χ1) is 8.99. The molecule has 0 N–H and O–H groups in total. The van der Waals surface area contributed by atoms with Gasteiger partial charge in [-0.1, -0.05) is 26.0 Å². The first kappa shape index (κ1) is 14.1. The van der Waals surface area contributed by atoms with E-state index in [4.69, 9.17) is 0 Å². The highest BCUT2D eigenvalue weighted by atomic mass is 16.1. The van der Waals surface area contributed by atoms with Crippen LogP contribution in [0.15, 0.2) is 18.2 Å². The van der Waals surface area contributed by atoms with Crippen LogP contribution < -0.4 is 4.90 Å². The number of ketones is 1. The number of hydrogen-bond acceptors (Lipinski definition) is 2. The molecule has 19 heavy (non-hydrogen) atoms. The van der Waals surface area contributed by atoms with Crippen molar-refractivity contribution in [2.75, 3.05) is 11.9 Å². The van der Waals surface area contributed by atoms with Crippen molar-refractivity contribution in [1.82, 2.24) is 0 Å². The number of anilines is 1. The normalized spacial score (nSPS) is 17.0. The van der Waals surface area contributed by atoms with Crippen LogP contribution in [-0.4, -0.2) is 18.9 Å². The second kappa shape index (κ2) is 5.77. The second-order valence-corrected chi connectivity index (χ2v) is 6.08. The minimum atomic E-state index is 0.428. The van der Waals surface area contributed by atoms with Crippen LogP contribution in [0.2, 0.25) is 0 Å². The molecule has 1 aromatic carbocycles. The van der Waals surface area contributed by atoms with Crippen LogP contribution in [0.25, 0.3) is 0 Å². The van der Waals surface area contributed by atoms with Crippen LogP contribution in [0.4, 0.5) is 5.69 Å². The molecule has 1 aromatic rings. The van der Waals surface area contributed by atoms with Gasteiger partial charge in [-0.2, -0.15) is 0 Å². The fourth-order valence-electron chi connectivity index (χ4n) is 2.87. The predicted octanol–water partition coefficient (Wildman–Crippen LogP) is 4.07. The van der Waals surface area contributed by atoms with E-state index in [0.29, 0.717) is 17.7 Å². The van der Waals surface area contributed by atoms with Gasteiger partial charge in [-0.15, -0.1) is 0 Å². The molecule has 1 fully saturated rings. The van der Waals surface area contributed by atoms with Gasteiger partial charge < -0.3 is 4.90 Å². The van der Waals surface area contributed by atoms with Crippen molar-refractivity contribution < 1.29 is 4.79 Å². The summed E-state index contributed by atoms with van der Waals surface area (Å²) in [4.78, 5) is 13.7. The van der Waals surface area contributed by atoms with E-state index in [1.165, 1.54) is 16.8 Å². The number of Topliss-reactive ketones (excluding diaryl/α,β-unsaturated/α-hetero) is 1. The highest BCUT2D eigenvalue weighted by Gasteiger charge is 2.23. The molecule has 0 saturated heterocycles. The van der Waals surface area contributed by atoms with E-state index in [-0.39, 0.29) is 0 Å². The molecule has 0 bridgehead atoms. The summed E-state index contributed by atoms with van der Waals surface area (Å²) >= 11 is 0. The molecule has 1 aliphatic carbocycles. The van der Waals surface area contributed by atoms with Gasteiger partial charge in [0, 0.05) is 31.6 Å². The Balaban J connectivity index is 2.20.